The number of hydrogen-bond donors (Lipinski definition) is 2. The van der Waals surface area contributed by atoms with Gasteiger partial charge in [0.15, 0.2) is 11.5 Å². The molecule has 18 heavy (non-hydrogen) atoms. The second kappa shape index (κ2) is 4.30. The Morgan fingerprint density at radius 1 is 1.39 bits per heavy atom. The van der Waals surface area contributed by atoms with Gasteiger partial charge in [-0.3, -0.25) is 0 Å². The van der Waals surface area contributed by atoms with E-state index in [0.29, 0.717) is 28.6 Å². The molecule has 0 amide bonds. The van der Waals surface area contributed by atoms with Crippen LogP contribution in [0.15, 0.2) is 12.1 Å². The monoisotopic (exact) mass is 269 g/mol. The van der Waals surface area contributed by atoms with Crippen molar-refractivity contribution < 1.29 is 14.6 Å². The first-order chi connectivity index (χ1) is 8.63. The number of aliphatic hydroxyl groups is 1. The van der Waals surface area contributed by atoms with Crippen LogP contribution in [0.2, 0.25) is 5.02 Å². The van der Waals surface area contributed by atoms with Crippen LogP contribution < -0.4 is 14.8 Å². The van der Waals surface area contributed by atoms with Gasteiger partial charge in [-0.1, -0.05) is 11.6 Å². The van der Waals surface area contributed by atoms with Crippen molar-refractivity contribution >= 4 is 11.6 Å². The van der Waals surface area contributed by atoms with Crippen LogP contribution in [0.1, 0.15) is 30.9 Å². The average molecular weight is 270 g/mol. The molecule has 2 aliphatic rings. The van der Waals surface area contributed by atoms with E-state index in [0.717, 1.165) is 19.3 Å². The van der Waals surface area contributed by atoms with Gasteiger partial charge in [0, 0.05) is 31.0 Å². The van der Waals surface area contributed by atoms with Gasteiger partial charge in [-0.05, 0) is 19.5 Å². The molecule has 98 valence electrons. The summed E-state index contributed by atoms with van der Waals surface area (Å²) >= 11 is 6.17. The first-order valence-corrected chi connectivity index (χ1v) is 6.55. The minimum absolute atomic E-state index is 0.449. The number of halogens is 1. The van der Waals surface area contributed by atoms with Crippen molar-refractivity contribution in [3.63, 3.8) is 0 Å². The second-order valence-corrected chi connectivity index (χ2v) is 5.27. The fraction of sp³-hybridized carbons (Fsp3) is 0.538. The van der Waals surface area contributed by atoms with Crippen molar-refractivity contribution in [1.29, 1.82) is 0 Å². The summed E-state index contributed by atoms with van der Waals surface area (Å²) in [5.74, 6) is 0.905. The van der Waals surface area contributed by atoms with E-state index < -0.39 is 11.9 Å². The molecule has 1 unspecified atom stereocenters. The molecule has 2 N–H and O–H groups in total. The van der Waals surface area contributed by atoms with Crippen molar-refractivity contribution in [2.24, 2.45) is 0 Å². The molecule has 1 aliphatic heterocycles. The smallest absolute Gasteiger partial charge is 0.251 e. The Morgan fingerprint density at radius 2 is 2.06 bits per heavy atom. The lowest BCUT2D eigenvalue weighted by atomic mass is 9.91. The van der Waals surface area contributed by atoms with Gasteiger partial charge in [0.2, 0.25) is 0 Å². The molecular weight excluding hydrogens is 254 g/mol. The molecule has 0 saturated heterocycles. The fourth-order valence-corrected chi connectivity index (χ4v) is 2.64. The normalized spacial score (nSPS) is 20.8. The molecule has 1 aromatic rings. The molecule has 1 aromatic carbocycles. The molecule has 0 radical (unpaired) electrons. The summed E-state index contributed by atoms with van der Waals surface area (Å²) in [4.78, 5) is 0. The van der Waals surface area contributed by atoms with Crippen molar-refractivity contribution in [3.8, 4) is 11.5 Å². The van der Waals surface area contributed by atoms with E-state index >= 15 is 0 Å². The molecule has 3 rings (SSSR count). The van der Waals surface area contributed by atoms with Crippen LogP contribution >= 0.6 is 11.6 Å². The zero-order valence-corrected chi connectivity index (χ0v) is 11.0. The van der Waals surface area contributed by atoms with E-state index in [4.69, 9.17) is 21.1 Å². The molecule has 1 heterocycles. The van der Waals surface area contributed by atoms with E-state index in [-0.39, 0.29) is 0 Å². The molecular formula is C13H16ClNO3. The number of likely N-dealkylation sites (N-methyl/N-ethyl adjacent to an activating group) is 1. The van der Waals surface area contributed by atoms with Crippen LogP contribution in [-0.2, 0) is 0 Å². The predicted octanol–water partition coefficient (Wildman–Crippen LogP) is 2.24. The van der Waals surface area contributed by atoms with Gasteiger partial charge in [-0.15, -0.1) is 0 Å². The highest BCUT2D eigenvalue weighted by molar-refractivity contribution is 6.31. The maximum Gasteiger partial charge on any atom is 0.251 e. The summed E-state index contributed by atoms with van der Waals surface area (Å²) in [6.45, 7) is 0.449. The summed E-state index contributed by atoms with van der Waals surface area (Å²) < 4.78 is 11.6. The van der Waals surface area contributed by atoms with Crippen LogP contribution in [0.3, 0.4) is 0 Å². The highest BCUT2D eigenvalue weighted by atomic mass is 35.5. The zero-order valence-electron chi connectivity index (χ0n) is 10.2. The molecule has 1 spiro atoms. The molecule has 1 aliphatic carbocycles. The van der Waals surface area contributed by atoms with Crippen LogP contribution in [0, 0.1) is 0 Å². The lowest BCUT2D eigenvalue weighted by Gasteiger charge is -2.35. The van der Waals surface area contributed by atoms with E-state index in [2.05, 4.69) is 5.32 Å². The minimum atomic E-state index is -0.644. The third kappa shape index (κ3) is 1.85. The SMILES string of the molecule is CNCC(O)c1cc2c(cc1Cl)OC1(CCC1)O2. The average Bonchev–Trinajstić information content (AvgIpc) is 2.66. The highest BCUT2D eigenvalue weighted by Crippen LogP contribution is 2.50. The maximum atomic E-state index is 9.99. The number of benzene rings is 1. The van der Waals surface area contributed by atoms with Gasteiger partial charge in [0.05, 0.1) is 11.1 Å². The van der Waals surface area contributed by atoms with Gasteiger partial charge in [-0.25, -0.2) is 0 Å². The largest absolute Gasteiger partial charge is 0.448 e. The fourth-order valence-electron chi connectivity index (χ4n) is 2.36. The van der Waals surface area contributed by atoms with Crippen LogP contribution in [-0.4, -0.2) is 24.5 Å². The second-order valence-electron chi connectivity index (χ2n) is 4.86. The standard InChI is InChI=1S/C13H16ClNO3/c1-15-7-10(16)8-5-11-12(6-9(8)14)18-13(17-11)3-2-4-13/h5-6,10,15-16H,2-4,7H2,1H3. The van der Waals surface area contributed by atoms with Crippen molar-refractivity contribution in [2.45, 2.75) is 31.2 Å². The Bertz CT molecular complexity index is 474. The third-order valence-corrected chi connectivity index (χ3v) is 3.85. The zero-order chi connectivity index (χ0) is 12.8. The van der Waals surface area contributed by atoms with Crippen LogP contribution in [0.25, 0.3) is 0 Å². The van der Waals surface area contributed by atoms with Gasteiger partial charge in [-0.2, -0.15) is 0 Å². The molecule has 4 nitrogen and oxygen atoms in total. The number of nitrogens with one attached hydrogen (secondary N) is 1. The summed E-state index contributed by atoms with van der Waals surface area (Å²) in [7, 11) is 1.79. The van der Waals surface area contributed by atoms with E-state index in [1.54, 1.807) is 19.2 Å². The number of hydrogen-bond acceptors (Lipinski definition) is 4. The van der Waals surface area contributed by atoms with Gasteiger partial charge >= 0.3 is 0 Å². The molecule has 1 atom stereocenters. The minimum Gasteiger partial charge on any atom is -0.448 e. The lowest BCUT2D eigenvalue weighted by molar-refractivity contribution is -0.138. The van der Waals surface area contributed by atoms with E-state index in [1.165, 1.54) is 0 Å². The molecule has 0 aromatic heterocycles. The highest BCUT2D eigenvalue weighted by Gasteiger charge is 2.47. The first-order valence-electron chi connectivity index (χ1n) is 6.18. The predicted molar refractivity (Wildman–Crippen MR) is 68.2 cm³/mol. The Kier molecular flexibility index (Phi) is 2.88. The quantitative estimate of drug-likeness (QED) is 0.884. The number of fused-ring (bicyclic) bond motifs is 1. The Balaban J connectivity index is 1.89. The van der Waals surface area contributed by atoms with Crippen LogP contribution in [0.5, 0.6) is 11.5 Å². The van der Waals surface area contributed by atoms with Crippen molar-refractivity contribution in [1.82, 2.24) is 5.32 Å². The third-order valence-electron chi connectivity index (χ3n) is 3.53. The molecule has 0 bridgehead atoms. The lowest BCUT2D eigenvalue weighted by Crippen LogP contribution is -2.45. The molecule has 1 fully saturated rings. The summed E-state index contributed by atoms with van der Waals surface area (Å²) in [5, 5.41) is 13.4. The van der Waals surface area contributed by atoms with E-state index in [1.807, 2.05) is 0 Å². The number of aliphatic hydroxyl groups excluding tert-OH is 1. The van der Waals surface area contributed by atoms with Gasteiger partial charge in [0.1, 0.15) is 0 Å². The summed E-state index contributed by atoms with van der Waals surface area (Å²) in [5.41, 5.74) is 0.671. The molecule has 5 heteroatoms. The Hall–Kier alpha value is -0.970. The van der Waals surface area contributed by atoms with Gasteiger partial charge in [0.25, 0.3) is 5.79 Å². The maximum absolute atomic E-state index is 9.99. The molecule has 1 saturated carbocycles. The van der Waals surface area contributed by atoms with Crippen molar-refractivity contribution in [3.05, 3.63) is 22.7 Å². The Labute approximate surface area is 111 Å². The summed E-state index contributed by atoms with van der Waals surface area (Å²) in [6.07, 6.45) is 2.30. The number of ether oxygens (including phenoxy) is 2. The van der Waals surface area contributed by atoms with E-state index in [9.17, 15) is 5.11 Å². The van der Waals surface area contributed by atoms with Gasteiger partial charge < -0.3 is 19.9 Å². The van der Waals surface area contributed by atoms with Crippen LogP contribution in [0.4, 0.5) is 0 Å². The Morgan fingerprint density at radius 3 is 2.61 bits per heavy atom. The first kappa shape index (κ1) is 12.1. The number of rotatable bonds is 3. The summed E-state index contributed by atoms with van der Waals surface area (Å²) in [6, 6.07) is 3.52. The topological polar surface area (TPSA) is 50.7 Å². The van der Waals surface area contributed by atoms with Crippen molar-refractivity contribution in [2.75, 3.05) is 13.6 Å².